The molecule has 0 spiro atoms. The first-order valence-electron chi connectivity index (χ1n) is 7.12. The molecule has 0 bridgehead atoms. The smallest absolute Gasteiger partial charge is 0.240 e. The van der Waals surface area contributed by atoms with Crippen molar-refractivity contribution in [2.75, 3.05) is 31.2 Å². The summed E-state index contributed by atoms with van der Waals surface area (Å²) in [7, 11) is -3.43. The maximum atomic E-state index is 12.2. The first-order chi connectivity index (χ1) is 10.1. The second kappa shape index (κ2) is 8.03. The fourth-order valence-corrected chi connectivity index (χ4v) is 4.47. The zero-order valence-electron chi connectivity index (χ0n) is 12.0. The molecule has 1 saturated heterocycles. The van der Waals surface area contributed by atoms with E-state index in [4.69, 9.17) is 10.5 Å². The normalized spacial score (nSPS) is 16.8. The fraction of sp³-hybridized carbons (Fsp3) is 0.571. The second-order valence-electron chi connectivity index (χ2n) is 5.02. The quantitative estimate of drug-likeness (QED) is 0.791. The van der Waals surface area contributed by atoms with Gasteiger partial charge in [-0.2, -0.15) is 11.8 Å². The van der Waals surface area contributed by atoms with Crippen molar-refractivity contribution in [1.82, 2.24) is 4.72 Å². The molecule has 0 amide bonds. The first-order valence-corrected chi connectivity index (χ1v) is 9.76. The van der Waals surface area contributed by atoms with Crippen LogP contribution < -0.4 is 15.2 Å². The molecule has 1 aromatic carbocycles. The van der Waals surface area contributed by atoms with Gasteiger partial charge in [-0.25, -0.2) is 13.1 Å². The summed E-state index contributed by atoms with van der Waals surface area (Å²) < 4.78 is 32.5. The third kappa shape index (κ3) is 5.18. The van der Waals surface area contributed by atoms with Gasteiger partial charge in [0, 0.05) is 13.1 Å². The summed E-state index contributed by atoms with van der Waals surface area (Å²) in [6.07, 6.45) is 2.16. The molecule has 0 aromatic heterocycles. The highest BCUT2D eigenvalue weighted by molar-refractivity contribution is 7.99. The molecule has 0 unspecified atom stereocenters. The Morgan fingerprint density at radius 1 is 1.24 bits per heavy atom. The van der Waals surface area contributed by atoms with Crippen LogP contribution in [0.3, 0.4) is 0 Å². The molecule has 21 heavy (non-hydrogen) atoms. The first kappa shape index (κ1) is 16.6. The van der Waals surface area contributed by atoms with E-state index in [-0.39, 0.29) is 4.90 Å². The SMILES string of the molecule is NCCOc1ccc(S(=O)(=O)NCC2CCSCC2)cc1. The van der Waals surface area contributed by atoms with Crippen molar-refractivity contribution < 1.29 is 13.2 Å². The standard InChI is InChI=1S/C14H22N2O3S2/c15-7-8-19-13-1-3-14(4-2-13)21(17,18)16-11-12-5-9-20-10-6-12/h1-4,12,16H,5-11,15H2. The molecular weight excluding hydrogens is 308 g/mol. The van der Waals surface area contributed by atoms with Crippen molar-refractivity contribution in [3.05, 3.63) is 24.3 Å². The summed E-state index contributed by atoms with van der Waals surface area (Å²) in [4.78, 5) is 0.271. The molecule has 0 radical (unpaired) electrons. The van der Waals surface area contributed by atoms with Crippen LogP contribution in [0.25, 0.3) is 0 Å². The Balaban J connectivity index is 1.91. The summed E-state index contributed by atoms with van der Waals surface area (Å²) in [5.74, 6) is 3.33. The van der Waals surface area contributed by atoms with Crippen molar-refractivity contribution in [3.8, 4) is 5.75 Å². The summed E-state index contributed by atoms with van der Waals surface area (Å²) in [6, 6.07) is 6.43. The van der Waals surface area contributed by atoms with Crippen LogP contribution in [-0.4, -0.2) is 39.6 Å². The Kier molecular flexibility index (Phi) is 6.35. The van der Waals surface area contributed by atoms with Gasteiger partial charge in [0.2, 0.25) is 10.0 Å². The van der Waals surface area contributed by atoms with Gasteiger partial charge in [0.05, 0.1) is 4.90 Å². The van der Waals surface area contributed by atoms with Crippen molar-refractivity contribution in [2.45, 2.75) is 17.7 Å². The monoisotopic (exact) mass is 330 g/mol. The van der Waals surface area contributed by atoms with E-state index in [0.29, 0.717) is 31.4 Å². The van der Waals surface area contributed by atoms with Crippen LogP contribution in [-0.2, 0) is 10.0 Å². The number of benzene rings is 1. The number of hydrogen-bond donors (Lipinski definition) is 2. The lowest BCUT2D eigenvalue weighted by Crippen LogP contribution is -2.31. The molecule has 1 fully saturated rings. The Bertz CT molecular complexity index is 526. The van der Waals surface area contributed by atoms with E-state index in [9.17, 15) is 8.42 Å². The molecule has 0 atom stereocenters. The maximum absolute atomic E-state index is 12.2. The van der Waals surface area contributed by atoms with Gasteiger partial charge in [0.1, 0.15) is 12.4 Å². The van der Waals surface area contributed by atoms with Crippen molar-refractivity contribution in [2.24, 2.45) is 11.7 Å². The minimum Gasteiger partial charge on any atom is -0.492 e. The van der Waals surface area contributed by atoms with Crippen molar-refractivity contribution in [3.63, 3.8) is 0 Å². The van der Waals surface area contributed by atoms with Gasteiger partial charge in [-0.15, -0.1) is 0 Å². The second-order valence-corrected chi connectivity index (χ2v) is 8.01. The molecule has 1 heterocycles. The molecule has 1 aromatic rings. The summed E-state index contributed by atoms with van der Waals surface area (Å²) in [5, 5.41) is 0. The minimum atomic E-state index is -3.43. The minimum absolute atomic E-state index is 0.271. The number of rotatable bonds is 7. The largest absolute Gasteiger partial charge is 0.492 e. The molecule has 7 heteroatoms. The van der Waals surface area contributed by atoms with Gasteiger partial charge in [0.15, 0.2) is 0 Å². The van der Waals surface area contributed by atoms with Crippen molar-refractivity contribution >= 4 is 21.8 Å². The number of nitrogens with two attached hydrogens (primary N) is 1. The topological polar surface area (TPSA) is 81.4 Å². The lowest BCUT2D eigenvalue weighted by molar-refractivity contribution is 0.328. The van der Waals surface area contributed by atoms with E-state index in [1.165, 1.54) is 0 Å². The predicted octanol–water partition coefficient (Wildman–Crippen LogP) is 1.45. The van der Waals surface area contributed by atoms with E-state index in [0.717, 1.165) is 24.3 Å². The van der Waals surface area contributed by atoms with Crippen LogP contribution in [0.2, 0.25) is 0 Å². The molecule has 3 N–H and O–H groups in total. The number of sulfonamides is 1. The van der Waals surface area contributed by atoms with Gasteiger partial charge in [-0.3, -0.25) is 0 Å². The van der Waals surface area contributed by atoms with Crippen LogP contribution in [0.5, 0.6) is 5.75 Å². The molecule has 2 rings (SSSR count). The Morgan fingerprint density at radius 3 is 2.52 bits per heavy atom. The molecule has 5 nitrogen and oxygen atoms in total. The molecule has 0 saturated carbocycles. The highest BCUT2D eigenvalue weighted by Gasteiger charge is 2.18. The maximum Gasteiger partial charge on any atom is 0.240 e. The van der Waals surface area contributed by atoms with E-state index < -0.39 is 10.0 Å². The Hall–Kier alpha value is -0.760. The van der Waals surface area contributed by atoms with Gasteiger partial charge in [-0.1, -0.05) is 0 Å². The summed E-state index contributed by atoms with van der Waals surface area (Å²) in [6.45, 7) is 1.37. The third-order valence-electron chi connectivity index (χ3n) is 3.42. The fourth-order valence-electron chi connectivity index (χ4n) is 2.15. The molecule has 0 aliphatic carbocycles. The number of thioether (sulfide) groups is 1. The Morgan fingerprint density at radius 2 is 1.90 bits per heavy atom. The zero-order valence-corrected chi connectivity index (χ0v) is 13.6. The van der Waals surface area contributed by atoms with Crippen LogP contribution in [0.1, 0.15) is 12.8 Å². The van der Waals surface area contributed by atoms with E-state index in [1.807, 2.05) is 11.8 Å². The van der Waals surface area contributed by atoms with E-state index in [1.54, 1.807) is 24.3 Å². The lowest BCUT2D eigenvalue weighted by atomic mass is 10.0. The number of ether oxygens (including phenoxy) is 1. The van der Waals surface area contributed by atoms with Gasteiger partial charge in [-0.05, 0) is 54.5 Å². The van der Waals surface area contributed by atoms with Crippen molar-refractivity contribution in [1.29, 1.82) is 0 Å². The third-order valence-corrected chi connectivity index (χ3v) is 5.91. The summed E-state index contributed by atoms with van der Waals surface area (Å²) >= 11 is 1.94. The van der Waals surface area contributed by atoms with Crippen LogP contribution in [0.4, 0.5) is 0 Å². The van der Waals surface area contributed by atoms with Gasteiger partial charge < -0.3 is 10.5 Å². The average molecular weight is 330 g/mol. The lowest BCUT2D eigenvalue weighted by Gasteiger charge is -2.21. The number of nitrogens with one attached hydrogen (secondary N) is 1. The summed E-state index contributed by atoms with van der Waals surface area (Å²) in [5.41, 5.74) is 5.35. The highest BCUT2D eigenvalue weighted by atomic mass is 32.2. The van der Waals surface area contributed by atoms with Gasteiger partial charge in [0.25, 0.3) is 0 Å². The number of hydrogen-bond acceptors (Lipinski definition) is 5. The predicted molar refractivity (Wildman–Crippen MR) is 86.2 cm³/mol. The molecule has 118 valence electrons. The van der Waals surface area contributed by atoms with Crippen LogP contribution in [0.15, 0.2) is 29.2 Å². The molecular formula is C14H22N2O3S2. The van der Waals surface area contributed by atoms with Gasteiger partial charge >= 0.3 is 0 Å². The molecule has 1 aliphatic heterocycles. The highest BCUT2D eigenvalue weighted by Crippen LogP contribution is 2.22. The zero-order chi connectivity index (χ0) is 15.1. The molecule has 1 aliphatic rings. The average Bonchev–Trinajstić information content (AvgIpc) is 2.52. The van der Waals surface area contributed by atoms with Crippen LogP contribution >= 0.6 is 11.8 Å². The van der Waals surface area contributed by atoms with E-state index in [2.05, 4.69) is 4.72 Å². The Labute approximate surface area is 130 Å². The van der Waals surface area contributed by atoms with E-state index >= 15 is 0 Å². The van der Waals surface area contributed by atoms with Crippen LogP contribution in [0, 0.1) is 5.92 Å².